The SMILES string of the molecule is COc1cccc2[nH]c(C(=O)N[C@@H](CC(C)C)C(=O)N[C@@H](C[C@@H]3CCCNC3=O)C(=O)COC(=O)c3c(C)cc4sccn34)cc12. The summed E-state index contributed by atoms with van der Waals surface area (Å²) in [5.74, 6) is -2.35. The first-order valence-electron chi connectivity index (χ1n) is 15.3. The van der Waals surface area contributed by atoms with Crippen LogP contribution >= 0.6 is 11.3 Å². The van der Waals surface area contributed by atoms with Gasteiger partial charge in [0.2, 0.25) is 11.8 Å². The molecule has 0 aliphatic carbocycles. The highest BCUT2D eigenvalue weighted by molar-refractivity contribution is 7.15. The van der Waals surface area contributed by atoms with Crippen LogP contribution in [0.15, 0.2) is 41.9 Å². The number of rotatable bonds is 13. The molecule has 4 heterocycles. The van der Waals surface area contributed by atoms with Crippen LogP contribution in [0.4, 0.5) is 0 Å². The summed E-state index contributed by atoms with van der Waals surface area (Å²) in [7, 11) is 1.55. The summed E-state index contributed by atoms with van der Waals surface area (Å²) in [5.41, 5.74) is 1.99. The van der Waals surface area contributed by atoms with E-state index in [2.05, 4.69) is 20.9 Å². The average molecular weight is 650 g/mol. The lowest BCUT2D eigenvalue weighted by atomic mass is 9.90. The molecule has 0 bridgehead atoms. The molecule has 1 aliphatic heterocycles. The maximum absolute atomic E-state index is 13.7. The van der Waals surface area contributed by atoms with Gasteiger partial charge in [-0.25, -0.2) is 4.79 Å². The third-order valence-corrected chi connectivity index (χ3v) is 8.99. The number of methoxy groups -OCH3 is 1. The lowest BCUT2D eigenvalue weighted by Crippen LogP contribution is -2.54. The summed E-state index contributed by atoms with van der Waals surface area (Å²) in [5, 5.41) is 11.0. The predicted molar refractivity (Wildman–Crippen MR) is 173 cm³/mol. The van der Waals surface area contributed by atoms with Crippen LogP contribution in [0.1, 0.15) is 66.1 Å². The molecular formula is C33H39N5O7S. The van der Waals surface area contributed by atoms with E-state index in [4.69, 9.17) is 9.47 Å². The molecule has 0 radical (unpaired) electrons. The Morgan fingerprint density at radius 1 is 1.13 bits per heavy atom. The normalized spacial score (nSPS) is 16.2. The Morgan fingerprint density at radius 2 is 1.93 bits per heavy atom. The molecule has 1 saturated heterocycles. The zero-order chi connectivity index (χ0) is 33.0. The van der Waals surface area contributed by atoms with Crippen molar-refractivity contribution in [2.75, 3.05) is 20.3 Å². The molecule has 3 atom stereocenters. The van der Waals surface area contributed by atoms with Gasteiger partial charge in [-0.2, -0.15) is 0 Å². The number of aromatic nitrogens is 2. The van der Waals surface area contributed by atoms with Gasteiger partial charge in [0.1, 0.15) is 28.0 Å². The molecule has 1 fully saturated rings. The molecule has 1 aromatic carbocycles. The average Bonchev–Trinajstić information content (AvgIpc) is 3.74. The van der Waals surface area contributed by atoms with Crippen molar-refractivity contribution in [3.8, 4) is 5.75 Å². The van der Waals surface area contributed by atoms with E-state index in [0.29, 0.717) is 41.9 Å². The van der Waals surface area contributed by atoms with E-state index >= 15 is 0 Å². The molecular weight excluding hydrogens is 610 g/mol. The van der Waals surface area contributed by atoms with Crippen LogP contribution in [-0.2, 0) is 19.1 Å². The molecule has 12 nitrogen and oxygen atoms in total. The molecule has 3 amide bonds. The summed E-state index contributed by atoms with van der Waals surface area (Å²) in [4.78, 5) is 70.2. The molecule has 4 aromatic rings. The highest BCUT2D eigenvalue weighted by atomic mass is 32.1. The van der Waals surface area contributed by atoms with Crippen molar-refractivity contribution in [2.45, 2.75) is 58.5 Å². The third-order valence-electron chi connectivity index (χ3n) is 8.17. The van der Waals surface area contributed by atoms with Gasteiger partial charge in [-0.1, -0.05) is 19.9 Å². The number of ketones is 1. The van der Waals surface area contributed by atoms with E-state index in [1.165, 1.54) is 11.3 Å². The van der Waals surface area contributed by atoms with Gasteiger partial charge < -0.3 is 34.8 Å². The Hall–Kier alpha value is -4.65. The minimum absolute atomic E-state index is 0.0253. The Balaban J connectivity index is 1.32. The van der Waals surface area contributed by atoms with Crippen LogP contribution in [0.2, 0.25) is 0 Å². The van der Waals surface area contributed by atoms with Crippen molar-refractivity contribution >= 4 is 56.5 Å². The third kappa shape index (κ3) is 7.25. The lowest BCUT2D eigenvalue weighted by Gasteiger charge is -2.28. The van der Waals surface area contributed by atoms with Crippen molar-refractivity contribution in [3.63, 3.8) is 0 Å². The number of carbonyl (C=O) groups is 5. The standard InChI is InChI=1S/C33H39N5O7S/c1-18(2)13-24(37-32(42)25-16-21-22(35-25)8-5-9-27(21)44-4)31(41)36-23(15-20-7-6-10-34-30(20)40)26(39)17-45-33(43)29-19(3)14-28-38(29)11-12-46-28/h5,8-9,11-12,14,16,18,20,23-24,35H,6-7,10,13,15,17H2,1-4H3,(H,34,40)(H,36,41)(H,37,42)/t20-,23-,24-/m0/s1. The molecule has 5 rings (SSSR count). The van der Waals surface area contributed by atoms with Crippen molar-refractivity contribution in [3.05, 3.63) is 58.9 Å². The van der Waals surface area contributed by atoms with Gasteiger partial charge in [0.25, 0.3) is 5.91 Å². The summed E-state index contributed by atoms with van der Waals surface area (Å²) in [6.45, 7) is 5.59. The molecule has 244 valence electrons. The Bertz CT molecular complexity index is 1770. The van der Waals surface area contributed by atoms with Gasteiger partial charge in [-0.15, -0.1) is 11.3 Å². The number of hydrogen-bond acceptors (Lipinski definition) is 8. The fourth-order valence-corrected chi connectivity index (χ4v) is 6.68. The number of ether oxygens (including phenoxy) is 2. The zero-order valence-electron chi connectivity index (χ0n) is 26.3. The first-order chi connectivity index (χ1) is 22.0. The highest BCUT2D eigenvalue weighted by Gasteiger charge is 2.33. The van der Waals surface area contributed by atoms with Crippen LogP contribution in [0.5, 0.6) is 5.75 Å². The van der Waals surface area contributed by atoms with E-state index in [-0.39, 0.29) is 23.9 Å². The van der Waals surface area contributed by atoms with Crippen LogP contribution in [0, 0.1) is 18.8 Å². The number of piperidine rings is 1. The van der Waals surface area contributed by atoms with E-state index in [1.54, 1.807) is 42.8 Å². The number of nitrogens with one attached hydrogen (secondary N) is 4. The van der Waals surface area contributed by atoms with Gasteiger partial charge in [-0.05, 0) is 68.4 Å². The number of H-pyrrole nitrogens is 1. The van der Waals surface area contributed by atoms with Gasteiger partial charge >= 0.3 is 5.97 Å². The summed E-state index contributed by atoms with van der Waals surface area (Å²) in [6, 6.07) is 6.84. The van der Waals surface area contributed by atoms with E-state index in [9.17, 15) is 24.0 Å². The number of aromatic amines is 1. The highest BCUT2D eigenvalue weighted by Crippen LogP contribution is 2.26. The smallest absolute Gasteiger partial charge is 0.356 e. The predicted octanol–water partition coefficient (Wildman–Crippen LogP) is 3.77. The van der Waals surface area contributed by atoms with Gasteiger partial charge in [-0.3, -0.25) is 19.2 Å². The van der Waals surface area contributed by atoms with Crippen molar-refractivity contribution < 1.29 is 33.4 Å². The first-order valence-corrected chi connectivity index (χ1v) is 16.2. The van der Waals surface area contributed by atoms with Gasteiger partial charge in [0.05, 0.1) is 13.2 Å². The molecule has 46 heavy (non-hydrogen) atoms. The number of esters is 1. The molecule has 0 spiro atoms. The number of fused-ring (bicyclic) bond motifs is 2. The van der Waals surface area contributed by atoms with Gasteiger partial charge in [0.15, 0.2) is 12.4 Å². The maximum atomic E-state index is 13.7. The molecule has 13 heteroatoms. The fraction of sp³-hybridized carbons (Fsp3) is 0.424. The minimum Gasteiger partial charge on any atom is -0.496 e. The summed E-state index contributed by atoms with van der Waals surface area (Å²) >= 11 is 1.47. The first kappa shape index (κ1) is 32.7. The van der Waals surface area contributed by atoms with E-state index in [1.807, 2.05) is 31.4 Å². The van der Waals surface area contributed by atoms with Gasteiger partial charge in [0, 0.05) is 34.9 Å². The monoisotopic (exact) mass is 649 g/mol. The molecule has 4 N–H and O–H groups in total. The second-order valence-electron chi connectivity index (χ2n) is 12.0. The van der Waals surface area contributed by atoms with E-state index < -0.39 is 48.2 Å². The number of amides is 3. The second kappa shape index (κ2) is 14.2. The maximum Gasteiger partial charge on any atom is 0.356 e. The Labute approximate surface area is 270 Å². The van der Waals surface area contributed by atoms with Crippen LogP contribution in [-0.4, -0.2) is 71.2 Å². The second-order valence-corrected chi connectivity index (χ2v) is 12.9. The van der Waals surface area contributed by atoms with E-state index in [0.717, 1.165) is 16.6 Å². The zero-order valence-corrected chi connectivity index (χ0v) is 27.1. The number of carbonyl (C=O) groups excluding carboxylic acids is 5. The van der Waals surface area contributed by atoms with Crippen molar-refractivity contribution in [1.29, 1.82) is 0 Å². The topological polar surface area (TPSA) is 160 Å². The number of hydrogen-bond donors (Lipinski definition) is 4. The quantitative estimate of drug-likeness (QED) is 0.160. The largest absolute Gasteiger partial charge is 0.496 e. The van der Waals surface area contributed by atoms with Crippen LogP contribution in [0.25, 0.3) is 15.7 Å². The van der Waals surface area contributed by atoms with Crippen molar-refractivity contribution in [1.82, 2.24) is 25.3 Å². The number of Topliss-reactive ketones (excluding diaryl/α,β-unsaturated/α-hetero) is 1. The number of aryl methyl sites for hydroxylation is 1. The summed E-state index contributed by atoms with van der Waals surface area (Å²) < 4.78 is 12.5. The Kier molecular flexibility index (Phi) is 10.1. The van der Waals surface area contributed by atoms with Crippen LogP contribution in [0.3, 0.4) is 0 Å². The molecule has 0 unspecified atom stereocenters. The number of thiazole rings is 1. The Morgan fingerprint density at radius 3 is 2.67 bits per heavy atom. The number of nitrogens with zero attached hydrogens (tertiary/aromatic N) is 1. The van der Waals surface area contributed by atoms with Crippen LogP contribution < -0.4 is 20.7 Å². The molecule has 1 aliphatic rings. The molecule has 0 saturated carbocycles. The summed E-state index contributed by atoms with van der Waals surface area (Å²) in [6.07, 6.45) is 3.39. The fourth-order valence-electron chi connectivity index (χ4n) is 5.84. The van der Waals surface area contributed by atoms with Crippen molar-refractivity contribution in [2.24, 2.45) is 11.8 Å². The number of benzene rings is 1. The molecule has 3 aromatic heterocycles. The lowest BCUT2D eigenvalue weighted by molar-refractivity contribution is -0.133. The minimum atomic E-state index is -1.12.